The normalized spacial score (nSPS) is 10.1. The lowest BCUT2D eigenvalue weighted by Gasteiger charge is -2.05. The molecule has 0 atom stereocenters. The molecule has 5 nitrogen and oxygen atoms in total. The summed E-state index contributed by atoms with van der Waals surface area (Å²) in [7, 11) is 0. The molecule has 2 N–H and O–H groups in total. The molecule has 1 heterocycles. The van der Waals surface area contributed by atoms with Gasteiger partial charge in [0, 0.05) is 6.04 Å². The maximum Gasteiger partial charge on any atom is 0.363 e. The Morgan fingerprint density at radius 3 is 2.91 bits per heavy atom. The molecule has 1 rings (SSSR count). The third-order valence-corrected chi connectivity index (χ3v) is 1.01. The van der Waals surface area contributed by atoms with Crippen molar-refractivity contribution in [3.8, 4) is 0 Å². The van der Waals surface area contributed by atoms with Crippen molar-refractivity contribution in [3.63, 3.8) is 0 Å². The van der Waals surface area contributed by atoms with Crippen LogP contribution >= 0.6 is 0 Å². The van der Waals surface area contributed by atoms with E-state index in [1.54, 1.807) is 0 Å². The van der Waals surface area contributed by atoms with Gasteiger partial charge in [0.05, 0.1) is 6.20 Å². The van der Waals surface area contributed by atoms with Crippen LogP contribution in [-0.2, 0) is 0 Å². The van der Waals surface area contributed by atoms with Crippen LogP contribution in [0.3, 0.4) is 0 Å². The SMILES string of the molecule is CC(C)Nc1cn[nH]c(=O)n1. The lowest BCUT2D eigenvalue weighted by atomic mass is 10.4. The molecule has 60 valence electrons. The van der Waals surface area contributed by atoms with Gasteiger partial charge in [0.15, 0.2) is 5.82 Å². The molecule has 0 aliphatic heterocycles. The van der Waals surface area contributed by atoms with Crippen molar-refractivity contribution < 1.29 is 0 Å². The van der Waals surface area contributed by atoms with Gasteiger partial charge in [0.25, 0.3) is 0 Å². The van der Waals surface area contributed by atoms with E-state index in [2.05, 4.69) is 20.5 Å². The summed E-state index contributed by atoms with van der Waals surface area (Å²) in [5, 5.41) is 8.71. The van der Waals surface area contributed by atoms with Crippen LogP contribution < -0.4 is 11.0 Å². The van der Waals surface area contributed by atoms with Crippen molar-refractivity contribution in [3.05, 3.63) is 16.7 Å². The largest absolute Gasteiger partial charge is 0.366 e. The van der Waals surface area contributed by atoms with Gasteiger partial charge in [-0.1, -0.05) is 0 Å². The van der Waals surface area contributed by atoms with E-state index >= 15 is 0 Å². The highest BCUT2D eigenvalue weighted by molar-refractivity contribution is 5.29. The molecule has 0 bridgehead atoms. The van der Waals surface area contributed by atoms with Crippen LogP contribution in [0.25, 0.3) is 0 Å². The average molecular weight is 154 g/mol. The summed E-state index contributed by atoms with van der Waals surface area (Å²) in [5.41, 5.74) is -0.435. The first-order chi connectivity index (χ1) is 5.18. The number of nitrogens with zero attached hydrogens (tertiary/aromatic N) is 2. The topological polar surface area (TPSA) is 70.7 Å². The Hall–Kier alpha value is -1.39. The smallest absolute Gasteiger partial charge is 0.363 e. The van der Waals surface area contributed by atoms with Gasteiger partial charge in [-0.3, -0.25) is 0 Å². The molecule has 0 aliphatic carbocycles. The predicted molar refractivity (Wildman–Crippen MR) is 41.4 cm³/mol. The molecule has 5 heteroatoms. The number of hydrogen-bond acceptors (Lipinski definition) is 4. The van der Waals surface area contributed by atoms with E-state index in [1.807, 2.05) is 13.8 Å². The van der Waals surface area contributed by atoms with Gasteiger partial charge in [0.1, 0.15) is 0 Å². The molecule has 0 unspecified atom stereocenters. The Bertz CT molecular complexity index is 280. The Kier molecular flexibility index (Phi) is 2.20. The third kappa shape index (κ3) is 2.37. The zero-order valence-electron chi connectivity index (χ0n) is 6.46. The Labute approximate surface area is 63.9 Å². The lowest BCUT2D eigenvalue weighted by molar-refractivity contribution is 0.854. The van der Waals surface area contributed by atoms with Gasteiger partial charge in [0.2, 0.25) is 0 Å². The summed E-state index contributed by atoms with van der Waals surface area (Å²) in [6.45, 7) is 3.92. The van der Waals surface area contributed by atoms with Gasteiger partial charge in [-0.25, -0.2) is 9.89 Å². The molecule has 0 aliphatic rings. The van der Waals surface area contributed by atoms with Crippen molar-refractivity contribution >= 4 is 5.82 Å². The van der Waals surface area contributed by atoms with Crippen LogP contribution in [0.5, 0.6) is 0 Å². The highest BCUT2D eigenvalue weighted by Crippen LogP contribution is 1.95. The molecule has 11 heavy (non-hydrogen) atoms. The van der Waals surface area contributed by atoms with E-state index in [4.69, 9.17) is 0 Å². The maximum atomic E-state index is 10.6. The fraction of sp³-hybridized carbons (Fsp3) is 0.500. The van der Waals surface area contributed by atoms with Crippen molar-refractivity contribution in [2.24, 2.45) is 0 Å². The highest BCUT2D eigenvalue weighted by Gasteiger charge is 1.96. The van der Waals surface area contributed by atoms with Gasteiger partial charge >= 0.3 is 5.69 Å². The summed E-state index contributed by atoms with van der Waals surface area (Å²) in [4.78, 5) is 14.2. The summed E-state index contributed by atoms with van der Waals surface area (Å²) >= 11 is 0. The van der Waals surface area contributed by atoms with Crippen molar-refractivity contribution in [1.82, 2.24) is 15.2 Å². The van der Waals surface area contributed by atoms with E-state index < -0.39 is 5.69 Å². The number of aromatic amines is 1. The highest BCUT2D eigenvalue weighted by atomic mass is 16.1. The van der Waals surface area contributed by atoms with Crippen LogP contribution in [-0.4, -0.2) is 21.2 Å². The predicted octanol–water partition coefficient (Wildman–Crippen LogP) is -0.0148. The monoisotopic (exact) mass is 154 g/mol. The van der Waals surface area contributed by atoms with Gasteiger partial charge in [-0.05, 0) is 13.8 Å². The van der Waals surface area contributed by atoms with E-state index in [0.717, 1.165) is 0 Å². The summed E-state index contributed by atoms with van der Waals surface area (Å²) in [6.07, 6.45) is 1.47. The lowest BCUT2D eigenvalue weighted by Crippen LogP contribution is -2.18. The van der Waals surface area contributed by atoms with E-state index in [-0.39, 0.29) is 6.04 Å². The van der Waals surface area contributed by atoms with Crippen LogP contribution in [0.1, 0.15) is 13.8 Å². The van der Waals surface area contributed by atoms with E-state index in [1.165, 1.54) is 6.20 Å². The second-order valence-electron chi connectivity index (χ2n) is 2.47. The maximum absolute atomic E-state index is 10.6. The third-order valence-electron chi connectivity index (χ3n) is 1.01. The molecule has 0 fully saturated rings. The molecule has 0 spiro atoms. The zero-order valence-corrected chi connectivity index (χ0v) is 6.46. The fourth-order valence-corrected chi connectivity index (χ4v) is 0.677. The minimum atomic E-state index is -0.435. The first-order valence-electron chi connectivity index (χ1n) is 3.37. The van der Waals surface area contributed by atoms with E-state index in [0.29, 0.717) is 5.82 Å². The van der Waals surface area contributed by atoms with Gasteiger partial charge < -0.3 is 5.32 Å². The minimum Gasteiger partial charge on any atom is -0.366 e. The minimum absolute atomic E-state index is 0.256. The first-order valence-corrected chi connectivity index (χ1v) is 3.37. The standard InChI is InChI=1S/C6H10N4O/c1-4(2)8-5-3-7-10-6(11)9-5/h3-4H,1-2H3,(H2,8,9,10,11). The number of hydrogen-bond donors (Lipinski definition) is 2. The molecule has 0 saturated carbocycles. The van der Waals surface area contributed by atoms with Gasteiger partial charge in [-0.15, -0.1) is 0 Å². The zero-order chi connectivity index (χ0) is 8.27. The second-order valence-corrected chi connectivity index (χ2v) is 2.47. The molecule has 0 amide bonds. The molecular weight excluding hydrogens is 144 g/mol. The number of H-pyrrole nitrogens is 1. The van der Waals surface area contributed by atoms with Crippen molar-refractivity contribution in [1.29, 1.82) is 0 Å². The number of nitrogens with one attached hydrogen (secondary N) is 2. The molecule has 0 saturated heterocycles. The molecule has 0 aromatic carbocycles. The van der Waals surface area contributed by atoms with Crippen LogP contribution in [0.15, 0.2) is 11.0 Å². The average Bonchev–Trinajstić information content (AvgIpc) is 1.85. The van der Waals surface area contributed by atoms with Crippen LogP contribution in [0.4, 0.5) is 5.82 Å². The number of anilines is 1. The van der Waals surface area contributed by atoms with Gasteiger partial charge in [-0.2, -0.15) is 10.1 Å². The quantitative estimate of drug-likeness (QED) is 0.628. The Balaban J connectivity index is 2.80. The number of aromatic nitrogens is 3. The molecular formula is C6H10N4O. The first kappa shape index (κ1) is 7.71. The molecule has 1 aromatic rings. The molecule has 1 aromatic heterocycles. The number of rotatable bonds is 2. The van der Waals surface area contributed by atoms with Crippen LogP contribution in [0, 0.1) is 0 Å². The van der Waals surface area contributed by atoms with Crippen LogP contribution in [0.2, 0.25) is 0 Å². The fourth-order valence-electron chi connectivity index (χ4n) is 0.677. The summed E-state index contributed by atoms with van der Waals surface area (Å²) in [6, 6.07) is 0.256. The summed E-state index contributed by atoms with van der Waals surface area (Å²) < 4.78 is 0. The molecule has 0 radical (unpaired) electrons. The van der Waals surface area contributed by atoms with Crippen molar-refractivity contribution in [2.75, 3.05) is 5.32 Å². The second kappa shape index (κ2) is 3.14. The van der Waals surface area contributed by atoms with Crippen molar-refractivity contribution in [2.45, 2.75) is 19.9 Å². The summed E-state index contributed by atoms with van der Waals surface area (Å²) in [5.74, 6) is 0.503. The Morgan fingerprint density at radius 2 is 2.36 bits per heavy atom. The van der Waals surface area contributed by atoms with E-state index in [9.17, 15) is 4.79 Å². The Morgan fingerprint density at radius 1 is 1.64 bits per heavy atom.